The highest BCUT2D eigenvalue weighted by Gasteiger charge is 2.27. The SMILES string of the molecule is NC(=Nc1c(F)c(F)cc(F)c1F)C1CC1. The van der Waals surface area contributed by atoms with E-state index >= 15 is 0 Å². The maximum absolute atomic E-state index is 13.1. The van der Waals surface area contributed by atoms with Crippen LogP contribution >= 0.6 is 0 Å². The second-order valence-electron chi connectivity index (χ2n) is 3.63. The third-order valence-electron chi connectivity index (χ3n) is 2.33. The largest absolute Gasteiger partial charge is 0.387 e. The Morgan fingerprint density at radius 2 is 1.62 bits per heavy atom. The van der Waals surface area contributed by atoms with Crippen LogP contribution in [0.2, 0.25) is 0 Å². The molecule has 0 aromatic heterocycles. The van der Waals surface area contributed by atoms with Crippen molar-refractivity contribution in [2.75, 3.05) is 0 Å². The zero-order valence-electron chi connectivity index (χ0n) is 8.11. The Hall–Kier alpha value is -1.59. The van der Waals surface area contributed by atoms with E-state index in [0.29, 0.717) is 0 Å². The van der Waals surface area contributed by atoms with Crippen LogP contribution in [0.5, 0.6) is 0 Å². The molecule has 0 aliphatic heterocycles. The molecule has 0 amide bonds. The molecule has 1 aromatic carbocycles. The number of amidine groups is 1. The van der Waals surface area contributed by atoms with Crippen molar-refractivity contribution in [1.82, 2.24) is 0 Å². The maximum Gasteiger partial charge on any atom is 0.187 e. The van der Waals surface area contributed by atoms with Crippen molar-refractivity contribution < 1.29 is 17.6 Å². The van der Waals surface area contributed by atoms with Crippen LogP contribution in [0.15, 0.2) is 11.1 Å². The number of hydrogen-bond donors (Lipinski definition) is 1. The maximum atomic E-state index is 13.1. The molecule has 1 aliphatic rings. The second kappa shape index (κ2) is 3.77. The Labute approximate surface area is 88.8 Å². The molecule has 0 radical (unpaired) electrons. The minimum atomic E-state index is -1.53. The summed E-state index contributed by atoms with van der Waals surface area (Å²) in [4.78, 5) is 3.41. The lowest BCUT2D eigenvalue weighted by Crippen LogP contribution is -2.13. The fourth-order valence-electron chi connectivity index (χ4n) is 1.26. The summed E-state index contributed by atoms with van der Waals surface area (Å²) >= 11 is 0. The van der Waals surface area contributed by atoms with Crippen molar-refractivity contribution in [3.8, 4) is 0 Å². The number of nitrogens with two attached hydrogens (primary N) is 1. The van der Waals surface area contributed by atoms with Gasteiger partial charge in [-0.05, 0) is 12.8 Å². The molecule has 86 valence electrons. The summed E-state index contributed by atoms with van der Waals surface area (Å²) in [6, 6.07) is 0.136. The molecule has 0 bridgehead atoms. The fraction of sp³-hybridized carbons (Fsp3) is 0.300. The molecular weight excluding hydrogens is 224 g/mol. The zero-order valence-corrected chi connectivity index (χ0v) is 8.11. The first-order valence-electron chi connectivity index (χ1n) is 4.67. The van der Waals surface area contributed by atoms with Gasteiger partial charge in [-0.15, -0.1) is 0 Å². The topological polar surface area (TPSA) is 38.4 Å². The lowest BCUT2D eigenvalue weighted by Gasteiger charge is -2.03. The van der Waals surface area contributed by atoms with Crippen molar-refractivity contribution in [2.45, 2.75) is 12.8 Å². The molecule has 2 N–H and O–H groups in total. The lowest BCUT2D eigenvalue weighted by atomic mass is 10.2. The minimum absolute atomic E-state index is 0.00259. The van der Waals surface area contributed by atoms with Gasteiger partial charge in [0, 0.05) is 12.0 Å². The smallest absolute Gasteiger partial charge is 0.187 e. The monoisotopic (exact) mass is 232 g/mol. The molecule has 0 saturated heterocycles. The fourth-order valence-corrected chi connectivity index (χ4v) is 1.26. The highest BCUT2D eigenvalue weighted by Crippen LogP contribution is 2.32. The zero-order chi connectivity index (χ0) is 11.9. The average molecular weight is 232 g/mol. The Balaban J connectivity index is 2.50. The van der Waals surface area contributed by atoms with Gasteiger partial charge in [0.1, 0.15) is 11.5 Å². The van der Waals surface area contributed by atoms with Gasteiger partial charge in [-0.1, -0.05) is 0 Å². The Morgan fingerprint density at radius 3 is 2.06 bits per heavy atom. The number of hydrogen-bond acceptors (Lipinski definition) is 1. The van der Waals surface area contributed by atoms with Gasteiger partial charge in [-0.25, -0.2) is 22.6 Å². The van der Waals surface area contributed by atoms with Crippen LogP contribution in [0.4, 0.5) is 23.2 Å². The molecule has 0 spiro atoms. The summed E-state index contributed by atoms with van der Waals surface area (Å²) in [7, 11) is 0. The number of aliphatic imine (C=N–C) groups is 1. The molecule has 0 atom stereocenters. The number of halogens is 4. The Kier molecular flexibility index (Phi) is 2.57. The molecule has 16 heavy (non-hydrogen) atoms. The van der Waals surface area contributed by atoms with Crippen LogP contribution in [0.3, 0.4) is 0 Å². The third-order valence-corrected chi connectivity index (χ3v) is 2.33. The van der Waals surface area contributed by atoms with Crippen molar-refractivity contribution in [1.29, 1.82) is 0 Å². The number of benzene rings is 1. The van der Waals surface area contributed by atoms with E-state index in [1.165, 1.54) is 0 Å². The molecule has 0 heterocycles. The average Bonchev–Trinajstić information content (AvgIpc) is 3.05. The van der Waals surface area contributed by atoms with Gasteiger partial charge < -0.3 is 5.73 Å². The van der Waals surface area contributed by atoms with Gasteiger partial charge in [0.25, 0.3) is 0 Å². The van der Waals surface area contributed by atoms with Gasteiger partial charge in [0.05, 0.1) is 0 Å². The predicted octanol–water partition coefficient (Wildman–Crippen LogP) is 2.64. The van der Waals surface area contributed by atoms with Crippen LogP contribution < -0.4 is 5.73 Å². The normalized spacial score (nSPS) is 16.6. The van der Waals surface area contributed by atoms with Crippen LogP contribution in [0.1, 0.15) is 12.8 Å². The van der Waals surface area contributed by atoms with Crippen LogP contribution in [0, 0.1) is 29.2 Å². The first kappa shape index (κ1) is 10.9. The number of nitrogens with zero attached hydrogens (tertiary/aromatic N) is 1. The van der Waals surface area contributed by atoms with Crippen molar-refractivity contribution in [2.24, 2.45) is 16.6 Å². The summed E-state index contributed by atoms with van der Waals surface area (Å²) in [5.41, 5.74) is 4.42. The van der Waals surface area contributed by atoms with E-state index in [-0.39, 0.29) is 17.8 Å². The quantitative estimate of drug-likeness (QED) is 0.362. The van der Waals surface area contributed by atoms with E-state index < -0.39 is 29.0 Å². The lowest BCUT2D eigenvalue weighted by molar-refractivity contribution is 0.457. The third kappa shape index (κ3) is 1.87. The van der Waals surface area contributed by atoms with E-state index in [1.54, 1.807) is 0 Å². The summed E-state index contributed by atoms with van der Waals surface area (Å²) in [6.45, 7) is 0. The van der Waals surface area contributed by atoms with Gasteiger partial charge in [-0.2, -0.15) is 0 Å². The van der Waals surface area contributed by atoms with Crippen LogP contribution in [-0.4, -0.2) is 5.84 Å². The predicted molar refractivity (Wildman–Crippen MR) is 50.3 cm³/mol. The van der Waals surface area contributed by atoms with E-state index in [4.69, 9.17) is 5.73 Å². The van der Waals surface area contributed by atoms with Gasteiger partial charge in [0.2, 0.25) is 0 Å². The molecule has 2 nitrogen and oxygen atoms in total. The van der Waals surface area contributed by atoms with Crippen LogP contribution in [-0.2, 0) is 0 Å². The molecule has 1 aromatic rings. The number of rotatable bonds is 2. The highest BCUT2D eigenvalue weighted by molar-refractivity contribution is 5.87. The molecule has 6 heteroatoms. The van der Waals surface area contributed by atoms with E-state index in [1.807, 2.05) is 0 Å². The Bertz CT molecular complexity index is 440. The van der Waals surface area contributed by atoms with Gasteiger partial charge in [0.15, 0.2) is 23.3 Å². The first-order chi connectivity index (χ1) is 7.50. The van der Waals surface area contributed by atoms with Gasteiger partial charge >= 0.3 is 0 Å². The van der Waals surface area contributed by atoms with Crippen LogP contribution in [0.25, 0.3) is 0 Å². The second-order valence-corrected chi connectivity index (χ2v) is 3.63. The standard InChI is InChI=1S/C10H8F4N2/c11-5-3-6(12)8(14)9(7(5)13)16-10(15)4-1-2-4/h3-4H,1-2H2,(H2,15,16). The van der Waals surface area contributed by atoms with E-state index in [9.17, 15) is 17.6 Å². The van der Waals surface area contributed by atoms with E-state index in [2.05, 4.69) is 4.99 Å². The molecule has 1 fully saturated rings. The molecular formula is C10H8F4N2. The minimum Gasteiger partial charge on any atom is -0.387 e. The van der Waals surface area contributed by atoms with Crippen molar-refractivity contribution >= 4 is 11.5 Å². The van der Waals surface area contributed by atoms with Gasteiger partial charge in [-0.3, -0.25) is 0 Å². The summed E-state index contributed by atoms with van der Waals surface area (Å²) in [6.07, 6.45) is 1.55. The highest BCUT2D eigenvalue weighted by atomic mass is 19.2. The van der Waals surface area contributed by atoms with E-state index in [0.717, 1.165) is 12.8 Å². The molecule has 1 aliphatic carbocycles. The summed E-state index contributed by atoms with van der Waals surface area (Å²) < 4.78 is 51.9. The van der Waals surface area contributed by atoms with Crippen molar-refractivity contribution in [3.05, 3.63) is 29.3 Å². The summed E-state index contributed by atoms with van der Waals surface area (Å²) in [5.74, 6) is -6.06. The molecule has 2 rings (SSSR count). The summed E-state index contributed by atoms with van der Waals surface area (Å²) in [5, 5.41) is 0. The molecule has 1 saturated carbocycles. The molecule has 0 unspecified atom stereocenters. The van der Waals surface area contributed by atoms with Crippen molar-refractivity contribution in [3.63, 3.8) is 0 Å². The Morgan fingerprint density at radius 1 is 1.12 bits per heavy atom. The first-order valence-corrected chi connectivity index (χ1v) is 4.67.